The van der Waals surface area contributed by atoms with Crippen LogP contribution in [0.2, 0.25) is 0 Å². The van der Waals surface area contributed by atoms with E-state index in [0.29, 0.717) is 23.4 Å². The van der Waals surface area contributed by atoms with Crippen molar-refractivity contribution in [2.45, 2.75) is 52.3 Å². The molecule has 0 aromatic carbocycles. The molecule has 1 aliphatic heterocycles. The van der Waals surface area contributed by atoms with Crippen LogP contribution in [0.25, 0.3) is 5.69 Å². The molecule has 0 fully saturated rings. The van der Waals surface area contributed by atoms with Gasteiger partial charge in [-0.05, 0) is 58.5 Å². The number of aromatic amines is 1. The van der Waals surface area contributed by atoms with Gasteiger partial charge in [-0.2, -0.15) is 0 Å². The summed E-state index contributed by atoms with van der Waals surface area (Å²) in [5, 5.41) is 2.50. The minimum absolute atomic E-state index is 0.187. The third kappa shape index (κ3) is 4.28. The van der Waals surface area contributed by atoms with Crippen LogP contribution in [-0.4, -0.2) is 50.1 Å². The lowest BCUT2D eigenvalue weighted by Crippen LogP contribution is -2.47. The average Bonchev–Trinajstić information content (AvgIpc) is 2.67. The third-order valence-electron chi connectivity index (χ3n) is 4.74. The van der Waals surface area contributed by atoms with Crippen molar-refractivity contribution in [3.05, 3.63) is 50.4 Å². The number of pyridine rings is 1. The van der Waals surface area contributed by atoms with Crippen LogP contribution in [0, 0.1) is 4.77 Å². The van der Waals surface area contributed by atoms with Gasteiger partial charge in [0.2, 0.25) is 0 Å². The second kappa shape index (κ2) is 8.02. The molecule has 3 heterocycles. The van der Waals surface area contributed by atoms with Gasteiger partial charge >= 0.3 is 6.09 Å². The van der Waals surface area contributed by atoms with Crippen LogP contribution in [0.15, 0.2) is 23.1 Å². The molecule has 2 aromatic rings. The van der Waals surface area contributed by atoms with E-state index < -0.39 is 11.7 Å². The van der Waals surface area contributed by atoms with E-state index in [4.69, 9.17) is 17.0 Å². The molecule has 2 aromatic heterocycles. The van der Waals surface area contributed by atoms with Gasteiger partial charge in [-0.3, -0.25) is 19.1 Å². The molecule has 2 amide bonds. The number of carbonyl (C=O) groups is 2. The highest BCUT2D eigenvalue weighted by molar-refractivity contribution is 7.71. The molecule has 0 saturated carbocycles. The Bertz CT molecular complexity index is 1100. The van der Waals surface area contributed by atoms with Crippen molar-refractivity contribution in [3.8, 4) is 5.69 Å². The number of carbonyl (C=O) groups excluding carboxylic acids is 2. The fourth-order valence-electron chi connectivity index (χ4n) is 3.27. The van der Waals surface area contributed by atoms with Gasteiger partial charge in [-0.1, -0.05) is 0 Å². The van der Waals surface area contributed by atoms with Crippen LogP contribution >= 0.6 is 12.2 Å². The zero-order valence-electron chi connectivity index (χ0n) is 17.6. The molecular weight excluding hydrogens is 406 g/mol. The van der Waals surface area contributed by atoms with Crippen LogP contribution < -0.4 is 10.9 Å². The normalized spacial score (nSPS) is 16.0. The number of rotatable bonds is 2. The molecule has 10 heteroatoms. The first-order valence-electron chi connectivity index (χ1n) is 9.57. The van der Waals surface area contributed by atoms with Gasteiger partial charge < -0.3 is 15.0 Å². The molecule has 0 bridgehead atoms. The van der Waals surface area contributed by atoms with Crippen molar-refractivity contribution < 1.29 is 14.3 Å². The minimum atomic E-state index is -0.610. The molecule has 0 spiro atoms. The number of hydrogen-bond donors (Lipinski definition) is 2. The summed E-state index contributed by atoms with van der Waals surface area (Å²) in [6.45, 7) is 7.51. The van der Waals surface area contributed by atoms with E-state index in [-0.39, 0.29) is 34.5 Å². The summed E-state index contributed by atoms with van der Waals surface area (Å²) >= 11 is 5.40. The Morgan fingerprint density at radius 2 is 2.03 bits per heavy atom. The lowest BCUT2D eigenvalue weighted by molar-refractivity contribution is 0.0133. The molecule has 0 radical (unpaired) electrons. The first-order chi connectivity index (χ1) is 14.0. The molecule has 30 heavy (non-hydrogen) atoms. The topological polar surface area (TPSA) is 109 Å². The van der Waals surface area contributed by atoms with Gasteiger partial charge in [-0.25, -0.2) is 9.78 Å². The Hall–Kier alpha value is -3.01. The van der Waals surface area contributed by atoms with E-state index in [1.807, 2.05) is 27.7 Å². The number of H-pyrrole nitrogens is 1. The van der Waals surface area contributed by atoms with Gasteiger partial charge in [-0.15, -0.1) is 0 Å². The SMILES string of the molecule is CNC(=O)c1ccc(-n2c(=S)[nH]c3c(c2=O)C[C@@H](C)N(C(=O)OC(C)(C)C)C3)cn1. The second-order valence-electron chi connectivity index (χ2n) is 8.17. The van der Waals surface area contributed by atoms with Crippen LogP contribution in [0.3, 0.4) is 0 Å². The first-order valence-corrected chi connectivity index (χ1v) is 9.98. The Balaban J connectivity index is 1.97. The monoisotopic (exact) mass is 431 g/mol. The quantitative estimate of drug-likeness (QED) is 0.707. The molecule has 3 rings (SSSR count). The predicted molar refractivity (Wildman–Crippen MR) is 113 cm³/mol. The summed E-state index contributed by atoms with van der Waals surface area (Å²) in [6, 6.07) is 2.93. The number of nitrogens with one attached hydrogen (secondary N) is 2. The summed E-state index contributed by atoms with van der Waals surface area (Å²) in [4.78, 5) is 46.2. The van der Waals surface area contributed by atoms with Crippen LogP contribution in [0.1, 0.15) is 49.4 Å². The highest BCUT2D eigenvalue weighted by Crippen LogP contribution is 2.22. The highest BCUT2D eigenvalue weighted by atomic mass is 32.1. The maximum atomic E-state index is 13.2. The van der Waals surface area contributed by atoms with E-state index in [2.05, 4.69) is 15.3 Å². The van der Waals surface area contributed by atoms with Crippen molar-refractivity contribution in [1.29, 1.82) is 0 Å². The van der Waals surface area contributed by atoms with Gasteiger partial charge in [0.25, 0.3) is 11.5 Å². The maximum absolute atomic E-state index is 13.2. The van der Waals surface area contributed by atoms with Crippen molar-refractivity contribution >= 4 is 24.2 Å². The number of ether oxygens (including phenoxy) is 1. The number of amides is 2. The number of nitrogens with zero attached hydrogens (tertiary/aromatic N) is 3. The molecule has 2 N–H and O–H groups in total. The summed E-state index contributed by atoms with van der Waals surface area (Å²) in [5.74, 6) is -0.319. The van der Waals surface area contributed by atoms with Gasteiger partial charge in [0.1, 0.15) is 11.3 Å². The van der Waals surface area contributed by atoms with Gasteiger partial charge in [0.15, 0.2) is 4.77 Å². The Labute approximate surface area is 179 Å². The Kier molecular flexibility index (Phi) is 5.80. The molecule has 160 valence electrons. The smallest absolute Gasteiger partial charge is 0.410 e. The molecule has 9 nitrogen and oxygen atoms in total. The standard InChI is InChI=1S/C20H25N5O4S/c1-11-8-13-15(10-24(11)19(28)29-20(2,3)4)23-18(30)25(17(13)27)12-6-7-14(22-9-12)16(26)21-5/h6-7,9,11H,8,10H2,1-5H3,(H,21,26)(H,23,30)/t11-/m1/s1. The highest BCUT2D eigenvalue weighted by Gasteiger charge is 2.32. The van der Waals surface area contributed by atoms with E-state index >= 15 is 0 Å². The lowest BCUT2D eigenvalue weighted by Gasteiger charge is -2.35. The van der Waals surface area contributed by atoms with Crippen molar-refractivity contribution in [2.75, 3.05) is 7.05 Å². The second-order valence-corrected chi connectivity index (χ2v) is 8.56. The molecule has 0 saturated heterocycles. The summed E-state index contributed by atoms with van der Waals surface area (Å²) in [6.07, 6.45) is 1.36. The lowest BCUT2D eigenvalue weighted by atomic mass is 10.0. The zero-order valence-corrected chi connectivity index (χ0v) is 18.4. The minimum Gasteiger partial charge on any atom is -0.444 e. The van der Waals surface area contributed by atoms with Gasteiger partial charge in [0, 0.05) is 24.3 Å². The summed E-state index contributed by atoms with van der Waals surface area (Å²) in [5.41, 5.74) is 0.981. The maximum Gasteiger partial charge on any atom is 0.410 e. The largest absolute Gasteiger partial charge is 0.444 e. The predicted octanol–water partition coefficient (Wildman–Crippen LogP) is 2.33. The third-order valence-corrected chi connectivity index (χ3v) is 5.02. The fourth-order valence-corrected chi connectivity index (χ4v) is 3.59. The van der Waals surface area contributed by atoms with E-state index in [1.165, 1.54) is 23.9 Å². The van der Waals surface area contributed by atoms with Crippen molar-refractivity contribution in [3.63, 3.8) is 0 Å². The van der Waals surface area contributed by atoms with Crippen molar-refractivity contribution in [1.82, 2.24) is 24.8 Å². The molecular formula is C20H25N5O4S. The molecule has 0 aliphatic carbocycles. The average molecular weight is 432 g/mol. The van der Waals surface area contributed by atoms with Crippen molar-refractivity contribution in [2.24, 2.45) is 0 Å². The molecule has 1 aliphatic rings. The van der Waals surface area contributed by atoms with Crippen LogP contribution in [0.5, 0.6) is 0 Å². The summed E-state index contributed by atoms with van der Waals surface area (Å²) in [7, 11) is 1.52. The molecule has 1 atom stereocenters. The first kappa shape index (κ1) is 21.7. The van der Waals surface area contributed by atoms with Crippen LogP contribution in [-0.2, 0) is 17.7 Å². The van der Waals surface area contributed by atoms with Gasteiger partial charge in [0.05, 0.1) is 18.4 Å². The fraction of sp³-hybridized carbons (Fsp3) is 0.450. The van der Waals surface area contributed by atoms with Crippen LogP contribution in [0.4, 0.5) is 4.79 Å². The Morgan fingerprint density at radius 1 is 1.33 bits per heavy atom. The zero-order chi connectivity index (χ0) is 22.2. The van der Waals surface area contributed by atoms with E-state index in [1.54, 1.807) is 11.0 Å². The number of fused-ring (bicyclic) bond motifs is 1. The van der Waals surface area contributed by atoms with E-state index in [0.717, 1.165) is 0 Å². The summed E-state index contributed by atoms with van der Waals surface area (Å²) < 4.78 is 7.02. The van der Waals surface area contributed by atoms with E-state index in [9.17, 15) is 14.4 Å². The number of hydrogen-bond acceptors (Lipinski definition) is 6. The number of aromatic nitrogens is 3. The molecule has 0 unspecified atom stereocenters. The Morgan fingerprint density at radius 3 is 2.60 bits per heavy atom.